The number of nitrogens with one attached hydrogen (secondary N) is 1. The summed E-state index contributed by atoms with van der Waals surface area (Å²) in [7, 11) is 1.84. The van der Waals surface area contributed by atoms with Crippen LogP contribution in [0.25, 0.3) is 0 Å². The molecule has 2 saturated heterocycles. The average Bonchev–Trinajstić information content (AvgIpc) is 2.76. The van der Waals surface area contributed by atoms with Crippen molar-refractivity contribution in [3.8, 4) is 5.75 Å². The second-order valence-electron chi connectivity index (χ2n) is 8.18. The van der Waals surface area contributed by atoms with Gasteiger partial charge < -0.3 is 19.7 Å². The molecule has 1 atom stereocenters. The SMILES string of the molecule is CCOc1ccccc1CN1CCNC(=O)[C@@H]1CC(=O)N(C)CCC1CCOCC1. The summed E-state index contributed by atoms with van der Waals surface area (Å²) in [5, 5.41) is 2.92. The molecule has 0 aliphatic carbocycles. The molecule has 166 valence electrons. The number of hydrogen-bond donors (Lipinski definition) is 1. The van der Waals surface area contributed by atoms with E-state index < -0.39 is 6.04 Å². The molecular weight excluding hydrogens is 382 g/mol. The average molecular weight is 418 g/mol. The standard InChI is InChI=1S/C23H35N3O4/c1-3-30-21-7-5-4-6-19(21)17-26-13-11-24-23(28)20(26)16-22(27)25(2)12-8-18-9-14-29-15-10-18/h4-7,18,20H,3,8-17H2,1-2H3,(H,24,28)/t20-/m0/s1. The minimum Gasteiger partial charge on any atom is -0.494 e. The van der Waals surface area contributed by atoms with E-state index in [0.717, 1.165) is 56.9 Å². The number of para-hydroxylation sites is 1. The van der Waals surface area contributed by atoms with Gasteiger partial charge in [0.1, 0.15) is 5.75 Å². The predicted octanol–water partition coefficient (Wildman–Crippen LogP) is 2.05. The molecule has 2 aliphatic heterocycles. The Bertz CT molecular complexity index is 705. The summed E-state index contributed by atoms with van der Waals surface area (Å²) < 4.78 is 11.1. The second-order valence-corrected chi connectivity index (χ2v) is 8.18. The zero-order chi connectivity index (χ0) is 21.3. The lowest BCUT2D eigenvalue weighted by Crippen LogP contribution is -2.56. The van der Waals surface area contributed by atoms with Crippen LogP contribution >= 0.6 is 0 Å². The highest BCUT2D eigenvalue weighted by Gasteiger charge is 2.33. The van der Waals surface area contributed by atoms with Gasteiger partial charge in [0.2, 0.25) is 11.8 Å². The Hall–Kier alpha value is -2.12. The Morgan fingerprint density at radius 2 is 2.07 bits per heavy atom. The maximum atomic E-state index is 12.9. The Balaban J connectivity index is 1.58. The van der Waals surface area contributed by atoms with Gasteiger partial charge in [-0.2, -0.15) is 0 Å². The molecule has 2 amide bonds. The number of benzene rings is 1. The third kappa shape index (κ3) is 6.19. The maximum Gasteiger partial charge on any atom is 0.237 e. The van der Waals surface area contributed by atoms with E-state index in [9.17, 15) is 9.59 Å². The van der Waals surface area contributed by atoms with Crippen molar-refractivity contribution in [1.29, 1.82) is 0 Å². The van der Waals surface area contributed by atoms with Crippen LogP contribution in [0.5, 0.6) is 5.75 Å². The van der Waals surface area contributed by atoms with Crippen LogP contribution in [0.3, 0.4) is 0 Å². The summed E-state index contributed by atoms with van der Waals surface area (Å²) in [5.74, 6) is 1.41. The minimum absolute atomic E-state index is 0.0206. The van der Waals surface area contributed by atoms with Gasteiger partial charge in [-0.3, -0.25) is 14.5 Å². The summed E-state index contributed by atoms with van der Waals surface area (Å²) >= 11 is 0. The lowest BCUT2D eigenvalue weighted by molar-refractivity contribution is -0.138. The first-order valence-corrected chi connectivity index (χ1v) is 11.1. The summed E-state index contributed by atoms with van der Waals surface area (Å²) in [6.45, 7) is 6.83. The van der Waals surface area contributed by atoms with Crippen LogP contribution in [0.2, 0.25) is 0 Å². The van der Waals surface area contributed by atoms with Crippen LogP contribution in [0.4, 0.5) is 0 Å². The highest BCUT2D eigenvalue weighted by atomic mass is 16.5. The largest absolute Gasteiger partial charge is 0.494 e. The Morgan fingerprint density at radius 3 is 2.83 bits per heavy atom. The summed E-state index contributed by atoms with van der Waals surface area (Å²) in [5.41, 5.74) is 1.04. The smallest absolute Gasteiger partial charge is 0.237 e. The van der Waals surface area contributed by atoms with Gasteiger partial charge in [0.15, 0.2) is 0 Å². The summed E-state index contributed by atoms with van der Waals surface area (Å²) in [4.78, 5) is 29.3. The number of carbonyl (C=O) groups excluding carboxylic acids is 2. The molecule has 3 rings (SSSR count). The third-order valence-electron chi connectivity index (χ3n) is 6.09. The molecule has 30 heavy (non-hydrogen) atoms. The van der Waals surface area contributed by atoms with Gasteiger partial charge in [-0.1, -0.05) is 18.2 Å². The van der Waals surface area contributed by atoms with Gasteiger partial charge in [0.05, 0.1) is 19.1 Å². The van der Waals surface area contributed by atoms with E-state index >= 15 is 0 Å². The number of piperazine rings is 1. The summed E-state index contributed by atoms with van der Waals surface area (Å²) in [6.07, 6.45) is 3.33. The van der Waals surface area contributed by atoms with Gasteiger partial charge in [-0.15, -0.1) is 0 Å². The van der Waals surface area contributed by atoms with Gasteiger partial charge in [0.25, 0.3) is 0 Å². The normalized spacial score (nSPS) is 20.6. The topological polar surface area (TPSA) is 71.1 Å². The van der Waals surface area contributed by atoms with Crippen molar-refractivity contribution in [3.05, 3.63) is 29.8 Å². The molecule has 7 heteroatoms. The Labute approximate surface area is 179 Å². The monoisotopic (exact) mass is 417 g/mol. The number of rotatable bonds is 9. The number of nitrogens with zero attached hydrogens (tertiary/aromatic N) is 2. The van der Waals surface area contributed by atoms with E-state index in [-0.39, 0.29) is 18.2 Å². The van der Waals surface area contributed by atoms with Crippen molar-refractivity contribution in [2.24, 2.45) is 5.92 Å². The van der Waals surface area contributed by atoms with Crippen molar-refractivity contribution >= 4 is 11.8 Å². The Kier molecular flexibility index (Phi) is 8.51. The highest BCUT2D eigenvalue weighted by Crippen LogP contribution is 2.23. The second kappa shape index (κ2) is 11.3. The Morgan fingerprint density at radius 1 is 1.30 bits per heavy atom. The molecular formula is C23H35N3O4. The number of carbonyl (C=O) groups is 2. The third-order valence-corrected chi connectivity index (χ3v) is 6.09. The number of amides is 2. The van der Waals surface area contributed by atoms with E-state index in [1.165, 1.54) is 0 Å². The number of hydrogen-bond acceptors (Lipinski definition) is 5. The first kappa shape index (κ1) is 22.6. The maximum absolute atomic E-state index is 12.9. The minimum atomic E-state index is -0.452. The van der Waals surface area contributed by atoms with Crippen LogP contribution in [-0.2, 0) is 20.9 Å². The van der Waals surface area contributed by atoms with E-state index in [1.54, 1.807) is 4.90 Å². The van der Waals surface area contributed by atoms with Crippen molar-refractivity contribution in [3.63, 3.8) is 0 Å². The molecule has 0 aromatic heterocycles. The van der Waals surface area contributed by atoms with Gasteiger partial charge in [0, 0.05) is 52.0 Å². The molecule has 0 bridgehead atoms. The zero-order valence-electron chi connectivity index (χ0n) is 18.3. The van der Waals surface area contributed by atoms with Gasteiger partial charge in [-0.25, -0.2) is 0 Å². The first-order valence-electron chi connectivity index (χ1n) is 11.1. The van der Waals surface area contributed by atoms with Crippen LogP contribution in [-0.4, -0.2) is 74.2 Å². The quantitative estimate of drug-likeness (QED) is 0.666. The van der Waals surface area contributed by atoms with Crippen molar-refractivity contribution in [2.75, 3.05) is 46.5 Å². The molecule has 7 nitrogen and oxygen atoms in total. The molecule has 2 heterocycles. The van der Waals surface area contributed by atoms with E-state index in [0.29, 0.717) is 25.6 Å². The molecule has 0 spiro atoms. The van der Waals surface area contributed by atoms with E-state index in [1.807, 2.05) is 38.2 Å². The van der Waals surface area contributed by atoms with Crippen LogP contribution in [0, 0.1) is 5.92 Å². The lowest BCUT2D eigenvalue weighted by atomic mass is 9.96. The van der Waals surface area contributed by atoms with Crippen molar-refractivity contribution in [2.45, 2.75) is 45.2 Å². The number of ether oxygens (including phenoxy) is 2. The fourth-order valence-corrected chi connectivity index (χ4v) is 4.18. The molecule has 2 fully saturated rings. The van der Waals surface area contributed by atoms with E-state index in [4.69, 9.17) is 9.47 Å². The first-order chi connectivity index (χ1) is 14.6. The van der Waals surface area contributed by atoms with Crippen LogP contribution < -0.4 is 10.1 Å². The van der Waals surface area contributed by atoms with Gasteiger partial charge in [-0.05, 0) is 38.2 Å². The predicted molar refractivity (Wildman–Crippen MR) is 115 cm³/mol. The lowest BCUT2D eigenvalue weighted by Gasteiger charge is -2.35. The molecule has 0 saturated carbocycles. The van der Waals surface area contributed by atoms with Crippen LogP contribution in [0.15, 0.2) is 24.3 Å². The fraction of sp³-hybridized carbons (Fsp3) is 0.652. The van der Waals surface area contributed by atoms with E-state index in [2.05, 4.69) is 10.2 Å². The van der Waals surface area contributed by atoms with Gasteiger partial charge >= 0.3 is 0 Å². The zero-order valence-corrected chi connectivity index (χ0v) is 18.3. The molecule has 1 aromatic carbocycles. The molecule has 0 radical (unpaired) electrons. The fourth-order valence-electron chi connectivity index (χ4n) is 4.18. The molecule has 0 unspecified atom stereocenters. The molecule has 1 aromatic rings. The van der Waals surface area contributed by atoms with Crippen LogP contribution in [0.1, 0.15) is 38.2 Å². The molecule has 1 N–H and O–H groups in total. The van der Waals surface area contributed by atoms with Crippen molar-refractivity contribution in [1.82, 2.24) is 15.1 Å². The summed E-state index contributed by atoms with van der Waals surface area (Å²) in [6, 6.07) is 7.45. The molecule has 2 aliphatic rings. The highest BCUT2D eigenvalue weighted by molar-refractivity contribution is 5.88. The van der Waals surface area contributed by atoms with Crippen molar-refractivity contribution < 1.29 is 19.1 Å².